The van der Waals surface area contributed by atoms with Gasteiger partial charge in [0, 0.05) is 6.04 Å². The highest BCUT2D eigenvalue weighted by Gasteiger charge is 2.16. The summed E-state index contributed by atoms with van der Waals surface area (Å²) in [5, 5.41) is 3.55. The minimum Gasteiger partial charge on any atom is -0.313 e. The summed E-state index contributed by atoms with van der Waals surface area (Å²) in [4.78, 5) is 0. The second-order valence-corrected chi connectivity index (χ2v) is 6.01. The summed E-state index contributed by atoms with van der Waals surface area (Å²) in [7, 11) is 1.95. The number of aryl methyl sites for hydroxylation is 3. The lowest BCUT2D eigenvalue weighted by Gasteiger charge is -2.22. The van der Waals surface area contributed by atoms with E-state index in [1.54, 1.807) is 12.1 Å². The van der Waals surface area contributed by atoms with Crippen LogP contribution in [0, 0.1) is 26.6 Å². The summed E-state index contributed by atoms with van der Waals surface area (Å²) >= 11 is 5.87. The highest BCUT2D eigenvalue weighted by molar-refractivity contribution is 6.30. The van der Waals surface area contributed by atoms with Crippen molar-refractivity contribution in [3.63, 3.8) is 0 Å². The fraction of sp³-hybridized carbons (Fsp3) is 0.333. The smallest absolute Gasteiger partial charge is 0.141 e. The molecular weight excluding hydrogens is 285 g/mol. The maximum Gasteiger partial charge on any atom is 0.141 e. The molecule has 2 rings (SSSR count). The quantitative estimate of drug-likeness (QED) is 0.846. The first-order valence-electron chi connectivity index (χ1n) is 7.11. The monoisotopic (exact) mass is 305 g/mol. The third-order valence-electron chi connectivity index (χ3n) is 3.86. The van der Waals surface area contributed by atoms with Crippen LogP contribution < -0.4 is 5.32 Å². The van der Waals surface area contributed by atoms with E-state index < -0.39 is 0 Å². The molecular formula is C18H21ClFN. The first kappa shape index (κ1) is 16.0. The number of rotatable bonds is 4. The molecule has 1 N–H and O–H groups in total. The van der Waals surface area contributed by atoms with Crippen LogP contribution in [0.1, 0.15) is 33.9 Å². The molecule has 0 aliphatic carbocycles. The summed E-state index contributed by atoms with van der Waals surface area (Å²) in [5.41, 5.74) is 6.16. The first-order chi connectivity index (χ1) is 9.92. The summed E-state index contributed by atoms with van der Waals surface area (Å²) in [5.74, 6) is -0.371. The molecule has 0 amide bonds. The fourth-order valence-corrected chi connectivity index (χ4v) is 3.19. The highest BCUT2D eigenvalue weighted by atomic mass is 35.5. The van der Waals surface area contributed by atoms with Crippen molar-refractivity contribution in [2.24, 2.45) is 0 Å². The van der Waals surface area contributed by atoms with Crippen LogP contribution in [0.3, 0.4) is 0 Å². The number of halogens is 2. The molecule has 0 aromatic heterocycles. The first-order valence-corrected chi connectivity index (χ1v) is 7.49. The molecule has 21 heavy (non-hydrogen) atoms. The van der Waals surface area contributed by atoms with Gasteiger partial charge < -0.3 is 5.32 Å². The van der Waals surface area contributed by atoms with Crippen LogP contribution in [0.4, 0.5) is 4.39 Å². The van der Waals surface area contributed by atoms with Gasteiger partial charge in [-0.2, -0.15) is 0 Å². The second-order valence-electron chi connectivity index (χ2n) is 5.61. The number of nitrogens with one attached hydrogen (secondary N) is 1. The van der Waals surface area contributed by atoms with Gasteiger partial charge in [0.2, 0.25) is 0 Å². The van der Waals surface area contributed by atoms with Gasteiger partial charge in [-0.05, 0) is 68.6 Å². The Kier molecular flexibility index (Phi) is 5.02. The molecule has 0 aliphatic heterocycles. The van der Waals surface area contributed by atoms with Gasteiger partial charge in [0.15, 0.2) is 0 Å². The Morgan fingerprint density at radius 2 is 1.71 bits per heavy atom. The molecule has 1 nitrogen and oxygen atoms in total. The Bertz CT molecular complexity index is 629. The van der Waals surface area contributed by atoms with Crippen LogP contribution in [-0.2, 0) is 6.42 Å². The Morgan fingerprint density at radius 1 is 1.10 bits per heavy atom. The van der Waals surface area contributed by atoms with Crippen molar-refractivity contribution in [1.29, 1.82) is 0 Å². The lowest BCUT2D eigenvalue weighted by atomic mass is 9.90. The molecule has 0 saturated heterocycles. The predicted octanol–water partition coefficient (Wildman–Crippen LogP) is 4.91. The molecule has 0 fully saturated rings. The standard InChI is InChI=1S/C18H21ClFN/c1-11-7-12(2)18(13(3)8-11)17(21-4)10-14-5-6-16(20)15(19)9-14/h5-9,17,21H,10H2,1-4H3. The number of hydrogen-bond acceptors (Lipinski definition) is 1. The van der Waals surface area contributed by atoms with E-state index in [2.05, 4.69) is 38.2 Å². The summed E-state index contributed by atoms with van der Waals surface area (Å²) in [6, 6.07) is 9.52. The Balaban J connectivity index is 2.34. The molecule has 0 radical (unpaired) electrons. The minimum atomic E-state index is -0.371. The van der Waals surface area contributed by atoms with Crippen LogP contribution >= 0.6 is 11.6 Å². The van der Waals surface area contributed by atoms with E-state index >= 15 is 0 Å². The highest BCUT2D eigenvalue weighted by Crippen LogP contribution is 2.27. The van der Waals surface area contributed by atoms with Gasteiger partial charge in [-0.15, -0.1) is 0 Å². The third-order valence-corrected chi connectivity index (χ3v) is 4.15. The summed E-state index contributed by atoms with van der Waals surface area (Å²) in [6.07, 6.45) is 0.779. The SMILES string of the molecule is CNC(Cc1ccc(F)c(Cl)c1)c1c(C)cc(C)cc1C. The topological polar surface area (TPSA) is 12.0 Å². The molecule has 0 spiro atoms. The van der Waals surface area contributed by atoms with E-state index in [9.17, 15) is 4.39 Å². The molecule has 112 valence electrons. The third kappa shape index (κ3) is 3.63. The van der Waals surface area contributed by atoms with Gasteiger partial charge in [0.1, 0.15) is 5.82 Å². The molecule has 0 bridgehead atoms. The van der Waals surface area contributed by atoms with Gasteiger partial charge in [-0.3, -0.25) is 0 Å². The van der Waals surface area contributed by atoms with Crippen molar-refractivity contribution in [1.82, 2.24) is 5.32 Å². The van der Waals surface area contributed by atoms with E-state index in [1.165, 1.54) is 28.3 Å². The van der Waals surface area contributed by atoms with Gasteiger partial charge in [-0.25, -0.2) is 4.39 Å². The number of hydrogen-bond donors (Lipinski definition) is 1. The Labute approximate surface area is 131 Å². The molecule has 0 saturated carbocycles. The van der Waals surface area contributed by atoms with Crippen LogP contribution in [0.5, 0.6) is 0 Å². The van der Waals surface area contributed by atoms with Crippen LogP contribution in [-0.4, -0.2) is 7.05 Å². The zero-order valence-electron chi connectivity index (χ0n) is 12.9. The van der Waals surface area contributed by atoms with Gasteiger partial charge >= 0.3 is 0 Å². The van der Waals surface area contributed by atoms with Crippen molar-refractivity contribution in [3.8, 4) is 0 Å². The minimum absolute atomic E-state index is 0.180. The van der Waals surface area contributed by atoms with Crippen molar-refractivity contribution < 1.29 is 4.39 Å². The maximum atomic E-state index is 13.3. The lowest BCUT2D eigenvalue weighted by Crippen LogP contribution is -2.21. The fourth-order valence-electron chi connectivity index (χ4n) is 2.99. The predicted molar refractivity (Wildman–Crippen MR) is 87.6 cm³/mol. The normalized spacial score (nSPS) is 12.5. The van der Waals surface area contributed by atoms with E-state index in [-0.39, 0.29) is 16.9 Å². The largest absolute Gasteiger partial charge is 0.313 e. The average molecular weight is 306 g/mol. The van der Waals surface area contributed by atoms with E-state index in [0.717, 1.165) is 12.0 Å². The Morgan fingerprint density at radius 3 is 2.24 bits per heavy atom. The second kappa shape index (κ2) is 6.59. The molecule has 1 atom stereocenters. The van der Waals surface area contributed by atoms with E-state index in [4.69, 9.17) is 11.6 Å². The zero-order chi connectivity index (χ0) is 15.6. The number of likely N-dealkylation sites (N-methyl/N-ethyl adjacent to an activating group) is 1. The molecule has 1 unspecified atom stereocenters. The van der Waals surface area contributed by atoms with E-state index in [0.29, 0.717) is 0 Å². The zero-order valence-corrected chi connectivity index (χ0v) is 13.7. The average Bonchev–Trinajstić information content (AvgIpc) is 2.40. The summed E-state index contributed by atoms with van der Waals surface area (Å²) < 4.78 is 13.3. The van der Waals surface area contributed by atoms with Gasteiger partial charge in [0.25, 0.3) is 0 Å². The van der Waals surface area contributed by atoms with Crippen molar-refractivity contribution >= 4 is 11.6 Å². The van der Waals surface area contributed by atoms with Crippen molar-refractivity contribution in [2.75, 3.05) is 7.05 Å². The van der Waals surface area contributed by atoms with Crippen LogP contribution in [0.15, 0.2) is 30.3 Å². The summed E-state index contributed by atoms with van der Waals surface area (Å²) in [6.45, 7) is 6.38. The Hall–Kier alpha value is -1.38. The van der Waals surface area contributed by atoms with Crippen LogP contribution in [0.25, 0.3) is 0 Å². The maximum absolute atomic E-state index is 13.3. The van der Waals surface area contributed by atoms with Crippen LogP contribution in [0.2, 0.25) is 5.02 Å². The van der Waals surface area contributed by atoms with Crippen molar-refractivity contribution in [3.05, 3.63) is 69.0 Å². The molecule has 3 heteroatoms. The molecule has 0 heterocycles. The lowest BCUT2D eigenvalue weighted by molar-refractivity contribution is 0.583. The number of benzene rings is 2. The van der Waals surface area contributed by atoms with E-state index in [1.807, 2.05) is 7.05 Å². The van der Waals surface area contributed by atoms with Gasteiger partial charge in [0.05, 0.1) is 5.02 Å². The molecule has 2 aromatic carbocycles. The van der Waals surface area contributed by atoms with Crippen molar-refractivity contribution in [2.45, 2.75) is 33.2 Å². The molecule has 0 aliphatic rings. The van der Waals surface area contributed by atoms with Gasteiger partial charge in [-0.1, -0.05) is 35.4 Å². The molecule has 2 aromatic rings.